The standard InChI is InChI=1S/C20H14BrN5O3S/c1-11-17(24-23-15-4-2-3-13(9-15)19(28)29)18(27)26(25-11)20-22-16(10-30-20)12-5-7-14(21)8-6-12/h2-10,17H,1H3,(H,28,29)/t17-/m1/s1. The molecule has 0 saturated heterocycles. The molecule has 1 aromatic heterocycles. The third-order valence-corrected chi connectivity index (χ3v) is 5.64. The van der Waals surface area contributed by atoms with Crippen molar-refractivity contribution in [3.63, 3.8) is 0 Å². The van der Waals surface area contributed by atoms with Crippen LogP contribution in [0.15, 0.2) is 73.7 Å². The molecule has 0 bridgehead atoms. The molecule has 1 aliphatic rings. The number of azo groups is 1. The minimum Gasteiger partial charge on any atom is -0.478 e. The van der Waals surface area contributed by atoms with Gasteiger partial charge in [-0.15, -0.1) is 11.3 Å². The molecule has 2 aromatic carbocycles. The molecule has 1 amide bonds. The molecule has 4 rings (SSSR count). The molecule has 0 radical (unpaired) electrons. The Balaban J connectivity index is 1.53. The Labute approximate surface area is 183 Å². The lowest BCUT2D eigenvalue weighted by Gasteiger charge is -2.08. The van der Waals surface area contributed by atoms with Crippen molar-refractivity contribution in [2.45, 2.75) is 13.0 Å². The second-order valence-corrected chi connectivity index (χ2v) is 8.14. The number of carbonyl (C=O) groups excluding carboxylic acids is 1. The van der Waals surface area contributed by atoms with Crippen LogP contribution in [0, 0.1) is 0 Å². The van der Waals surface area contributed by atoms with Gasteiger partial charge >= 0.3 is 5.97 Å². The minimum atomic E-state index is -1.06. The van der Waals surface area contributed by atoms with E-state index in [1.54, 1.807) is 19.1 Å². The van der Waals surface area contributed by atoms with Gasteiger partial charge in [-0.05, 0) is 37.3 Å². The van der Waals surface area contributed by atoms with Crippen LogP contribution < -0.4 is 5.01 Å². The summed E-state index contributed by atoms with van der Waals surface area (Å²) in [5.41, 5.74) is 2.61. The van der Waals surface area contributed by atoms with Gasteiger partial charge in [0.25, 0.3) is 5.91 Å². The molecule has 8 nitrogen and oxygen atoms in total. The molecule has 10 heteroatoms. The predicted molar refractivity (Wildman–Crippen MR) is 118 cm³/mol. The topological polar surface area (TPSA) is 108 Å². The van der Waals surface area contributed by atoms with Gasteiger partial charge in [-0.3, -0.25) is 4.79 Å². The number of hydrazone groups is 1. The zero-order chi connectivity index (χ0) is 21.3. The molecule has 0 saturated carbocycles. The Morgan fingerprint density at radius 1 is 1.23 bits per heavy atom. The van der Waals surface area contributed by atoms with Crippen LogP contribution in [0.5, 0.6) is 0 Å². The Bertz CT molecular complexity index is 1190. The number of hydrogen-bond acceptors (Lipinski definition) is 7. The summed E-state index contributed by atoms with van der Waals surface area (Å²) in [5, 5.41) is 25.0. The van der Waals surface area contributed by atoms with E-state index in [0.29, 0.717) is 16.5 Å². The van der Waals surface area contributed by atoms with E-state index in [1.165, 1.54) is 28.5 Å². The number of thiazole rings is 1. The molecule has 3 aromatic rings. The summed E-state index contributed by atoms with van der Waals surface area (Å²) in [4.78, 5) is 28.4. The Morgan fingerprint density at radius 2 is 2.00 bits per heavy atom. The first-order valence-electron chi connectivity index (χ1n) is 8.77. The van der Waals surface area contributed by atoms with Crippen LogP contribution in [0.1, 0.15) is 17.3 Å². The van der Waals surface area contributed by atoms with Gasteiger partial charge in [-0.2, -0.15) is 20.3 Å². The number of carboxylic acids is 1. The van der Waals surface area contributed by atoms with E-state index < -0.39 is 12.0 Å². The van der Waals surface area contributed by atoms with Crippen molar-refractivity contribution >= 4 is 55.7 Å². The molecule has 0 aliphatic carbocycles. The van der Waals surface area contributed by atoms with Crippen LogP contribution in [-0.4, -0.2) is 33.7 Å². The lowest BCUT2D eigenvalue weighted by atomic mass is 10.2. The number of carboxylic acid groups (broad SMARTS) is 1. The largest absolute Gasteiger partial charge is 0.478 e. The zero-order valence-electron chi connectivity index (χ0n) is 15.6. The molecule has 1 aliphatic heterocycles. The fourth-order valence-electron chi connectivity index (χ4n) is 2.77. The highest BCUT2D eigenvalue weighted by atomic mass is 79.9. The number of hydrogen-bond donors (Lipinski definition) is 1. The van der Waals surface area contributed by atoms with Gasteiger partial charge in [0.15, 0.2) is 6.04 Å². The normalized spacial score (nSPS) is 16.3. The Hall–Kier alpha value is -3.24. The van der Waals surface area contributed by atoms with E-state index in [1.807, 2.05) is 29.6 Å². The number of nitrogens with zero attached hydrogens (tertiary/aromatic N) is 5. The highest BCUT2D eigenvalue weighted by molar-refractivity contribution is 9.10. The summed E-state index contributed by atoms with van der Waals surface area (Å²) in [6, 6.07) is 12.9. The average Bonchev–Trinajstić information content (AvgIpc) is 3.32. The van der Waals surface area contributed by atoms with Crippen molar-refractivity contribution in [2.75, 3.05) is 5.01 Å². The fourth-order valence-corrected chi connectivity index (χ4v) is 3.82. The summed E-state index contributed by atoms with van der Waals surface area (Å²) in [5.74, 6) is -1.42. The van der Waals surface area contributed by atoms with Crippen LogP contribution >= 0.6 is 27.3 Å². The van der Waals surface area contributed by atoms with Crippen molar-refractivity contribution in [1.82, 2.24) is 4.98 Å². The van der Waals surface area contributed by atoms with Gasteiger partial charge < -0.3 is 5.11 Å². The maximum atomic E-state index is 12.8. The van der Waals surface area contributed by atoms with E-state index in [2.05, 4.69) is 36.2 Å². The van der Waals surface area contributed by atoms with Gasteiger partial charge in [-0.25, -0.2) is 9.78 Å². The molecule has 0 unspecified atom stereocenters. The molecular weight excluding hydrogens is 470 g/mol. The zero-order valence-corrected chi connectivity index (χ0v) is 18.0. The van der Waals surface area contributed by atoms with Gasteiger partial charge in [-0.1, -0.05) is 34.1 Å². The van der Waals surface area contributed by atoms with E-state index in [-0.39, 0.29) is 11.5 Å². The maximum absolute atomic E-state index is 12.8. The second kappa shape index (κ2) is 8.25. The molecule has 150 valence electrons. The summed E-state index contributed by atoms with van der Waals surface area (Å²) in [7, 11) is 0. The van der Waals surface area contributed by atoms with Crippen molar-refractivity contribution < 1.29 is 14.7 Å². The molecule has 30 heavy (non-hydrogen) atoms. The lowest BCUT2D eigenvalue weighted by Crippen LogP contribution is -2.29. The maximum Gasteiger partial charge on any atom is 0.335 e. The van der Waals surface area contributed by atoms with Gasteiger partial charge in [0.1, 0.15) is 0 Å². The van der Waals surface area contributed by atoms with E-state index >= 15 is 0 Å². The van der Waals surface area contributed by atoms with Crippen LogP contribution in [-0.2, 0) is 4.79 Å². The number of anilines is 1. The lowest BCUT2D eigenvalue weighted by molar-refractivity contribution is -0.117. The molecule has 0 spiro atoms. The van der Waals surface area contributed by atoms with Crippen LogP contribution in [0.4, 0.5) is 10.8 Å². The summed E-state index contributed by atoms with van der Waals surface area (Å²) < 4.78 is 0.971. The van der Waals surface area contributed by atoms with Crippen molar-refractivity contribution in [3.05, 3.63) is 63.9 Å². The Kier molecular flexibility index (Phi) is 5.51. The number of rotatable bonds is 5. The first kappa shape index (κ1) is 20.0. The van der Waals surface area contributed by atoms with Gasteiger partial charge in [0, 0.05) is 15.4 Å². The number of aromatic carboxylic acids is 1. The minimum absolute atomic E-state index is 0.0967. The fraction of sp³-hybridized carbons (Fsp3) is 0.100. The highest BCUT2D eigenvalue weighted by Gasteiger charge is 2.36. The third-order valence-electron chi connectivity index (χ3n) is 4.29. The number of halogens is 1. The van der Waals surface area contributed by atoms with Crippen LogP contribution in [0.25, 0.3) is 11.3 Å². The van der Waals surface area contributed by atoms with Gasteiger partial charge in [0.2, 0.25) is 5.13 Å². The number of benzene rings is 2. The smallest absolute Gasteiger partial charge is 0.335 e. The van der Waals surface area contributed by atoms with E-state index in [4.69, 9.17) is 5.11 Å². The van der Waals surface area contributed by atoms with Crippen LogP contribution in [0.3, 0.4) is 0 Å². The highest BCUT2D eigenvalue weighted by Crippen LogP contribution is 2.31. The third kappa shape index (κ3) is 4.05. The van der Waals surface area contributed by atoms with Crippen molar-refractivity contribution in [3.8, 4) is 11.3 Å². The quantitative estimate of drug-likeness (QED) is 0.506. The molecule has 2 heterocycles. The molecule has 0 fully saturated rings. The SMILES string of the molecule is CC1=NN(c2nc(-c3ccc(Br)cc3)cs2)C(=O)[C@@H]1N=Nc1cccc(C(=O)O)c1. The average molecular weight is 484 g/mol. The summed E-state index contributed by atoms with van der Waals surface area (Å²) in [6.45, 7) is 1.69. The molecule has 1 N–H and O–H groups in total. The number of carbonyl (C=O) groups is 2. The molecule has 1 atom stereocenters. The van der Waals surface area contributed by atoms with Crippen molar-refractivity contribution in [1.29, 1.82) is 0 Å². The van der Waals surface area contributed by atoms with Crippen molar-refractivity contribution in [2.24, 2.45) is 15.3 Å². The first-order chi connectivity index (χ1) is 14.4. The second-order valence-electron chi connectivity index (χ2n) is 6.39. The monoisotopic (exact) mass is 483 g/mol. The number of aromatic nitrogens is 1. The Morgan fingerprint density at radius 3 is 2.73 bits per heavy atom. The summed E-state index contributed by atoms with van der Waals surface area (Å²) in [6.07, 6.45) is 0. The predicted octanol–water partition coefficient (Wildman–Crippen LogP) is 5.15. The number of amides is 1. The van der Waals surface area contributed by atoms with Crippen LogP contribution in [0.2, 0.25) is 0 Å². The van der Waals surface area contributed by atoms with Gasteiger partial charge in [0.05, 0.1) is 22.7 Å². The van der Waals surface area contributed by atoms with E-state index in [9.17, 15) is 9.59 Å². The van der Waals surface area contributed by atoms with E-state index in [0.717, 1.165) is 15.7 Å². The first-order valence-corrected chi connectivity index (χ1v) is 10.4. The summed E-state index contributed by atoms with van der Waals surface area (Å²) >= 11 is 4.71. The molecular formula is C20H14BrN5O3S.